The van der Waals surface area contributed by atoms with Crippen LogP contribution < -0.4 is 5.73 Å². The van der Waals surface area contributed by atoms with Crippen LogP contribution in [0.1, 0.15) is 27.6 Å². The smallest absolute Gasteiger partial charge is 0.341 e. The summed E-state index contributed by atoms with van der Waals surface area (Å²) >= 11 is 0. The summed E-state index contributed by atoms with van der Waals surface area (Å²) in [5.74, 6) is -1.40. The number of esters is 1. The van der Waals surface area contributed by atoms with Crippen molar-refractivity contribution in [3.63, 3.8) is 0 Å². The van der Waals surface area contributed by atoms with Crippen molar-refractivity contribution in [2.24, 2.45) is 0 Å². The largest absolute Gasteiger partial charge is 0.505 e. The number of Topliss-reactive ketones (excluding diaryl/α,β-unsaturated/α-hetero) is 1. The van der Waals surface area contributed by atoms with Gasteiger partial charge in [0, 0.05) is 5.56 Å². The Balaban J connectivity index is 3.33. The number of hydrogen-bond donors (Lipinski definition) is 2. The van der Waals surface area contributed by atoms with Crippen molar-refractivity contribution in [1.82, 2.24) is 0 Å². The van der Waals surface area contributed by atoms with E-state index in [4.69, 9.17) is 5.73 Å². The maximum absolute atomic E-state index is 11.1. The lowest BCUT2D eigenvalue weighted by atomic mass is 10.0. The summed E-state index contributed by atoms with van der Waals surface area (Å²) in [6.45, 7) is 1.32. The first-order valence-corrected chi connectivity index (χ1v) is 4.19. The zero-order valence-electron chi connectivity index (χ0n) is 8.40. The molecule has 0 saturated carbocycles. The van der Waals surface area contributed by atoms with Gasteiger partial charge in [0.05, 0.1) is 12.8 Å². The average Bonchev–Trinajstić information content (AvgIpc) is 2.20. The van der Waals surface area contributed by atoms with Gasteiger partial charge in [0.2, 0.25) is 0 Å². The lowest BCUT2D eigenvalue weighted by Crippen LogP contribution is -2.06. The monoisotopic (exact) mass is 209 g/mol. The first-order valence-electron chi connectivity index (χ1n) is 4.19. The summed E-state index contributed by atoms with van der Waals surface area (Å²) in [6, 6.07) is 2.68. The number of phenols is 1. The minimum Gasteiger partial charge on any atom is -0.505 e. The summed E-state index contributed by atoms with van der Waals surface area (Å²) in [6.07, 6.45) is 0. The van der Waals surface area contributed by atoms with E-state index in [1.807, 2.05) is 0 Å². The molecule has 0 unspecified atom stereocenters. The van der Waals surface area contributed by atoms with Gasteiger partial charge in [0.1, 0.15) is 5.56 Å². The lowest BCUT2D eigenvalue weighted by molar-refractivity contribution is 0.0597. The fourth-order valence-corrected chi connectivity index (χ4v) is 1.19. The van der Waals surface area contributed by atoms with Crippen molar-refractivity contribution in [2.75, 3.05) is 12.8 Å². The Labute approximate surface area is 86.5 Å². The van der Waals surface area contributed by atoms with Gasteiger partial charge in [0.15, 0.2) is 11.5 Å². The maximum Gasteiger partial charge on any atom is 0.341 e. The summed E-state index contributed by atoms with van der Waals surface area (Å²) in [7, 11) is 1.19. The molecule has 5 nitrogen and oxygen atoms in total. The van der Waals surface area contributed by atoms with Crippen molar-refractivity contribution >= 4 is 17.4 Å². The second kappa shape index (κ2) is 4.00. The van der Waals surface area contributed by atoms with Gasteiger partial charge in [-0.25, -0.2) is 4.79 Å². The SMILES string of the molecule is COC(=O)c1ccc(C(C)=O)c(N)c1O. The molecule has 0 fully saturated rings. The fourth-order valence-electron chi connectivity index (χ4n) is 1.19. The van der Waals surface area contributed by atoms with E-state index in [1.54, 1.807) is 0 Å². The molecular weight excluding hydrogens is 198 g/mol. The molecule has 15 heavy (non-hydrogen) atoms. The Morgan fingerprint density at radius 2 is 1.87 bits per heavy atom. The molecule has 0 amide bonds. The van der Waals surface area contributed by atoms with Gasteiger partial charge in [-0.1, -0.05) is 0 Å². The minimum absolute atomic E-state index is 0.0556. The molecule has 0 aliphatic rings. The first kappa shape index (κ1) is 11.0. The van der Waals surface area contributed by atoms with Crippen LogP contribution >= 0.6 is 0 Å². The number of methoxy groups -OCH3 is 1. The minimum atomic E-state index is -0.700. The Hall–Kier alpha value is -2.04. The molecular formula is C10H11NO4. The molecule has 0 radical (unpaired) electrons. The van der Waals surface area contributed by atoms with E-state index in [0.717, 1.165) is 0 Å². The highest BCUT2D eigenvalue weighted by Crippen LogP contribution is 2.29. The van der Waals surface area contributed by atoms with Crippen LogP contribution in [0, 0.1) is 0 Å². The van der Waals surface area contributed by atoms with E-state index in [9.17, 15) is 14.7 Å². The Kier molecular flexibility index (Phi) is 2.94. The van der Waals surface area contributed by atoms with Crippen molar-refractivity contribution < 1.29 is 19.4 Å². The fraction of sp³-hybridized carbons (Fsp3) is 0.200. The van der Waals surface area contributed by atoms with Crippen LogP contribution in [0.3, 0.4) is 0 Å². The highest BCUT2D eigenvalue weighted by atomic mass is 16.5. The number of carbonyl (C=O) groups excluding carboxylic acids is 2. The highest BCUT2D eigenvalue weighted by molar-refractivity contribution is 6.03. The number of hydrogen-bond acceptors (Lipinski definition) is 5. The molecule has 1 aromatic carbocycles. The normalized spacial score (nSPS) is 9.73. The van der Waals surface area contributed by atoms with Gasteiger partial charge in [0.25, 0.3) is 0 Å². The maximum atomic E-state index is 11.1. The number of nitrogen functional groups attached to an aromatic ring is 1. The molecule has 5 heteroatoms. The molecule has 0 aromatic heterocycles. The van der Waals surface area contributed by atoms with Crippen LogP contribution in [-0.2, 0) is 4.74 Å². The third-order valence-electron chi connectivity index (χ3n) is 2.00. The molecule has 3 N–H and O–H groups in total. The summed E-state index contributed by atoms with van der Waals surface area (Å²) in [5.41, 5.74) is 5.52. The first-order chi connectivity index (χ1) is 6.99. The molecule has 0 aliphatic carbocycles. The Morgan fingerprint density at radius 1 is 1.33 bits per heavy atom. The van der Waals surface area contributed by atoms with Crippen LogP contribution in [-0.4, -0.2) is 24.0 Å². The average molecular weight is 209 g/mol. The van der Waals surface area contributed by atoms with Crippen LogP contribution in [0.25, 0.3) is 0 Å². The molecule has 1 rings (SSSR count). The third-order valence-corrected chi connectivity index (χ3v) is 2.00. The van der Waals surface area contributed by atoms with Gasteiger partial charge in [-0.15, -0.1) is 0 Å². The molecule has 0 aliphatic heterocycles. The van der Waals surface area contributed by atoms with Crippen LogP contribution in [0.4, 0.5) is 5.69 Å². The molecule has 0 heterocycles. The molecule has 0 spiro atoms. The van der Waals surface area contributed by atoms with E-state index in [0.29, 0.717) is 0 Å². The van der Waals surface area contributed by atoms with Gasteiger partial charge in [-0.2, -0.15) is 0 Å². The van der Waals surface area contributed by atoms with E-state index in [1.165, 1.54) is 26.2 Å². The number of nitrogens with two attached hydrogens (primary N) is 1. The second-order valence-electron chi connectivity index (χ2n) is 2.97. The zero-order valence-corrected chi connectivity index (χ0v) is 8.40. The summed E-state index contributed by atoms with van der Waals surface area (Å²) in [5, 5.41) is 9.55. The van der Waals surface area contributed by atoms with Crippen molar-refractivity contribution in [3.8, 4) is 5.75 Å². The number of ether oxygens (including phenoxy) is 1. The molecule has 0 atom stereocenters. The van der Waals surface area contributed by atoms with Crippen LogP contribution in [0.15, 0.2) is 12.1 Å². The summed E-state index contributed by atoms with van der Waals surface area (Å²) < 4.78 is 4.43. The number of ketones is 1. The molecule has 80 valence electrons. The Bertz CT molecular complexity index is 426. The topological polar surface area (TPSA) is 89.6 Å². The van der Waals surface area contributed by atoms with E-state index in [-0.39, 0.29) is 22.6 Å². The number of phenolic OH excluding ortho intramolecular Hbond substituents is 1. The Morgan fingerprint density at radius 3 is 2.33 bits per heavy atom. The lowest BCUT2D eigenvalue weighted by Gasteiger charge is -2.08. The third kappa shape index (κ3) is 1.90. The number of anilines is 1. The quantitative estimate of drug-likeness (QED) is 0.328. The number of aromatic hydroxyl groups is 1. The van der Waals surface area contributed by atoms with Crippen molar-refractivity contribution in [3.05, 3.63) is 23.3 Å². The highest BCUT2D eigenvalue weighted by Gasteiger charge is 2.17. The van der Waals surface area contributed by atoms with Gasteiger partial charge in [-0.05, 0) is 19.1 Å². The molecule has 0 saturated heterocycles. The predicted molar refractivity (Wildman–Crippen MR) is 53.9 cm³/mol. The van der Waals surface area contributed by atoms with Gasteiger partial charge >= 0.3 is 5.97 Å². The van der Waals surface area contributed by atoms with Crippen molar-refractivity contribution in [2.45, 2.75) is 6.92 Å². The van der Waals surface area contributed by atoms with E-state index < -0.39 is 11.7 Å². The predicted octanol–water partition coefficient (Wildman–Crippen LogP) is 0.964. The van der Waals surface area contributed by atoms with E-state index >= 15 is 0 Å². The van der Waals surface area contributed by atoms with Crippen LogP contribution in [0.5, 0.6) is 5.75 Å². The van der Waals surface area contributed by atoms with Gasteiger partial charge < -0.3 is 15.6 Å². The standard InChI is InChI=1S/C10H11NO4/c1-5(12)6-3-4-7(10(14)15-2)9(13)8(6)11/h3-4,13H,11H2,1-2H3. The summed E-state index contributed by atoms with van der Waals surface area (Å²) in [4.78, 5) is 22.2. The zero-order chi connectivity index (χ0) is 11.6. The number of carbonyl (C=O) groups is 2. The van der Waals surface area contributed by atoms with Crippen molar-refractivity contribution in [1.29, 1.82) is 0 Å². The molecule has 0 bridgehead atoms. The number of benzene rings is 1. The van der Waals surface area contributed by atoms with Crippen LogP contribution in [0.2, 0.25) is 0 Å². The van der Waals surface area contributed by atoms with E-state index in [2.05, 4.69) is 4.74 Å². The molecule has 1 aromatic rings. The second-order valence-corrected chi connectivity index (χ2v) is 2.97. The number of rotatable bonds is 2. The van der Waals surface area contributed by atoms with Gasteiger partial charge in [-0.3, -0.25) is 4.79 Å².